The first-order chi connectivity index (χ1) is 9.99. The van der Waals surface area contributed by atoms with E-state index in [1.54, 1.807) is 6.07 Å². The lowest BCUT2D eigenvalue weighted by Crippen LogP contribution is -2.38. The van der Waals surface area contributed by atoms with E-state index in [1.165, 1.54) is 6.07 Å². The lowest BCUT2D eigenvalue weighted by molar-refractivity contribution is 0.0376. The number of thiocarbonyl (C=S) groups is 1. The van der Waals surface area contributed by atoms with Crippen molar-refractivity contribution in [3.8, 4) is 0 Å². The van der Waals surface area contributed by atoms with Crippen molar-refractivity contribution in [2.24, 2.45) is 5.73 Å². The fourth-order valence-electron chi connectivity index (χ4n) is 2.00. The van der Waals surface area contributed by atoms with Crippen molar-refractivity contribution >= 4 is 38.6 Å². The second-order valence-electron chi connectivity index (χ2n) is 4.69. The van der Waals surface area contributed by atoms with Gasteiger partial charge in [-0.15, -0.1) is 11.3 Å². The van der Waals surface area contributed by atoms with Crippen LogP contribution in [0.5, 0.6) is 0 Å². The number of hydrogen-bond acceptors (Lipinski definition) is 6. The van der Waals surface area contributed by atoms with Gasteiger partial charge in [0, 0.05) is 19.6 Å². The number of nitrogens with zero attached hydrogens (tertiary/aromatic N) is 1. The average molecular weight is 350 g/mol. The van der Waals surface area contributed by atoms with Crippen molar-refractivity contribution in [1.29, 1.82) is 0 Å². The summed E-state index contributed by atoms with van der Waals surface area (Å²) in [6.07, 6.45) is 0.771. The van der Waals surface area contributed by atoms with Gasteiger partial charge < -0.3 is 10.5 Å². The van der Waals surface area contributed by atoms with Gasteiger partial charge in [0.05, 0.1) is 18.1 Å². The summed E-state index contributed by atoms with van der Waals surface area (Å²) in [5.41, 5.74) is 5.49. The van der Waals surface area contributed by atoms with Crippen molar-refractivity contribution in [2.75, 3.05) is 39.4 Å². The third kappa shape index (κ3) is 4.97. The molecule has 0 amide bonds. The van der Waals surface area contributed by atoms with Gasteiger partial charge in [-0.05, 0) is 25.1 Å². The highest BCUT2D eigenvalue weighted by molar-refractivity contribution is 7.91. The summed E-state index contributed by atoms with van der Waals surface area (Å²) in [5, 5.41) is 0. The Balaban J connectivity index is 1.79. The van der Waals surface area contributed by atoms with E-state index in [-0.39, 0.29) is 9.20 Å². The van der Waals surface area contributed by atoms with Crippen LogP contribution < -0.4 is 10.5 Å². The van der Waals surface area contributed by atoms with Gasteiger partial charge >= 0.3 is 0 Å². The van der Waals surface area contributed by atoms with Crippen molar-refractivity contribution in [3.63, 3.8) is 0 Å². The van der Waals surface area contributed by atoms with Crippen molar-refractivity contribution in [3.05, 3.63) is 17.0 Å². The van der Waals surface area contributed by atoms with Gasteiger partial charge in [0.25, 0.3) is 0 Å². The summed E-state index contributed by atoms with van der Waals surface area (Å²) >= 11 is 5.92. The van der Waals surface area contributed by atoms with Crippen molar-refractivity contribution < 1.29 is 13.2 Å². The molecule has 118 valence electrons. The average Bonchev–Trinajstić information content (AvgIpc) is 2.96. The largest absolute Gasteiger partial charge is 0.389 e. The topological polar surface area (TPSA) is 84.7 Å². The second-order valence-corrected chi connectivity index (χ2v) is 8.21. The third-order valence-electron chi connectivity index (χ3n) is 3.14. The molecule has 1 aromatic rings. The Morgan fingerprint density at radius 2 is 2.14 bits per heavy atom. The third-order valence-corrected chi connectivity index (χ3v) is 6.56. The predicted molar refractivity (Wildman–Crippen MR) is 87.3 cm³/mol. The Kier molecular flexibility index (Phi) is 6.08. The van der Waals surface area contributed by atoms with Crippen LogP contribution in [-0.4, -0.2) is 57.7 Å². The molecule has 1 aromatic heterocycles. The van der Waals surface area contributed by atoms with Crippen molar-refractivity contribution in [2.45, 2.75) is 10.6 Å². The summed E-state index contributed by atoms with van der Waals surface area (Å²) in [4.78, 5) is 3.10. The summed E-state index contributed by atoms with van der Waals surface area (Å²) in [5.74, 6) is 0. The van der Waals surface area contributed by atoms with E-state index in [9.17, 15) is 8.42 Å². The molecular formula is C12H19N3O3S3. The molecule has 2 rings (SSSR count). The Bertz CT molecular complexity index is 580. The Labute approximate surface area is 134 Å². The molecule has 1 aliphatic heterocycles. The molecule has 3 N–H and O–H groups in total. The van der Waals surface area contributed by atoms with E-state index >= 15 is 0 Å². The molecular weight excluding hydrogens is 330 g/mol. The zero-order valence-corrected chi connectivity index (χ0v) is 14.0. The maximum absolute atomic E-state index is 12.1. The van der Waals surface area contributed by atoms with E-state index in [4.69, 9.17) is 22.7 Å². The molecule has 1 aliphatic rings. The number of rotatable bonds is 7. The number of sulfonamides is 1. The highest BCUT2D eigenvalue weighted by Gasteiger charge is 2.17. The SMILES string of the molecule is NC(=S)c1ccc(S(=O)(=O)NCCCN2CCOCC2)s1. The van der Waals surface area contributed by atoms with Crippen LogP contribution in [0.25, 0.3) is 0 Å². The van der Waals surface area contributed by atoms with Gasteiger partial charge in [-0.3, -0.25) is 4.90 Å². The van der Waals surface area contributed by atoms with E-state index in [2.05, 4.69) is 9.62 Å². The molecule has 0 aromatic carbocycles. The molecule has 0 aliphatic carbocycles. The molecule has 0 spiro atoms. The minimum absolute atomic E-state index is 0.216. The van der Waals surface area contributed by atoms with Gasteiger partial charge in [0.2, 0.25) is 10.0 Å². The molecule has 2 heterocycles. The van der Waals surface area contributed by atoms with Crippen LogP contribution >= 0.6 is 23.6 Å². The number of hydrogen-bond donors (Lipinski definition) is 2. The maximum Gasteiger partial charge on any atom is 0.250 e. The number of nitrogens with one attached hydrogen (secondary N) is 1. The minimum Gasteiger partial charge on any atom is -0.389 e. The fourth-order valence-corrected chi connectivity index (χ4v) is 4.47. The van der Waals surface area contributed by atoms with E-state index in [1.807, 2.05) is 0 Å². The molecule has 1 saturated heterocycles. The first-order valence-corrected chi connectivity index (χ1v) is 9.39. The zero-order chi connectivity index (χ0) is 15.3. The molecule has 0 bridgehead atoms. The molecule has 21 heavy (non-hydrogen) atoms. The van der Waals surface area contributed by atoms with E-state index in [0.29, 0.717) is 11.4 Å². The normalized spacial score (nSPS) is 17.0. The number of ether oxygens (including phenoxy) is 1. The van der Waals surface area contributed by atoms with Crippen LogP contribution in [0.15, 0.2) is 16.3 Å². The highest BCUT2D eigenvalue weighted by Crippen LogP contribution is 2.21. The molecule has 6 nitrogen and oxygen atoms in total. The summed E-state index contributed by atoms with van der Waals surface area (Å²) in [6.45, 7) is 4.61. The smallest absolute Gasteiger partial charge is 0.250 e. The van der Waals surface area contributed by atoms with Crippen LogP contribution in [0, 0.1) is 0 Å². The molecule has 1 fully saturated rings. The summed E-state index contributed by atoms with van der Waals surface area (Å²) in [7, 11) is -3.47. The Morgan fingerprint density at radius 1 is 1.43 bits per heavy atom. The summed E-state index contributed by atoms with van der Waals surface area (Å²) in [6, 6.07) is 3.17. The first kappa shape index (κ1) is 16.8. The first-order valence-electron chi connectivity index (χ1n) is 6.68. The number of thiophene rings is 1. The van der Waals surface area contributed by atoms with Gasteiger partial charge in [-0.2, -0.15) is 0 Å². The monoisotopic (exact) mass is 349 g/mol. The second kappa shape index (κ2) is 7.61. The van der Waals surface area contributed by atoms with E-state index < -0.39 is 10.0 Å². The van der Waals surface area contributed by atoms with Crippen molar-refractivity contribution in [1.82, 2.24) is 9.62 Å². The molecule has 0 radical (unpaired) electrons. The van der Waals surface area contributed by atoms with Crippen LogP contribution in [0.3, 0.4) is 0 Å². The van der Waals surface area contributed by atoms with Gasteiger partial charge in [0.1, 0.15) is 9.20 Å². The lowest BCUT2D eigenvalue weighted by Gasteiger charge is -2.26. The number of morpholine rings is 1. The van der Waals surface area contributed by atoms with Gasteiger partial charge in [-0.1, -0.05) is 12.2 Å². The standard InChI is InChI=1S/C12H19N3O3S3/c13-12(19)10-2-3-11(20-10)21(16,17)14-4-1-5-15-6-8-18-9-7-15/h2-3,14H,1,4-9H2,(H2,13,19). The Hall–Kier alpha value is -0.580. The molecule has 0 saturated carbocycles. The molecule has 0 atom stereocenters. The summed E-state index contributed by atoms with van der Waals surface area (Å²) < 4.78 is 32.3. The van der Waals surface area contributed by atoms with Gasteiger partial charge in [0.15, 0.2) is 0 Å². The quantitative estimate of drug-likeness (QED) is 0.547. The van der Waals surface area contributed by atoms with Gasteiger partial charge in [-0.25, -0.2) is 13.1 Å². The minimum atomic E-state index is -3.47. The molecule has 0 unspecified atom stereocenters. The van der Waals surface area contributed by atoms with E-state index in [0.717, 1.165) is 50.6 Å². The maximum atomic E-state index is 12.1. The fraction of sp³-hybridized carbons (Fsp3) is 0.583. The van der Waals surface area contributed by atoms with Crippen LogP contribution in [0.2, 0.25) is 0 Å². The van der Waals surface area contributed by atoms with Crippen LogP contribution in [0.4, 0.5) is 0 Å². The number of nitrogens with two attached hydrogens (primary N) is 1. The predicted octanol–water partition coefficient (Wildman–Crippen LogP) is 0.383. The highest BCUT2D eigenvalue weighted by atomic mass is 32.2. The zero-order valence-electron chi connectivity index (χ0n) is 11.6. The van der Waals surface area contributed by atoms with Crippen LogP contribution in [-0.2, 0) is 14.8 Å². The van der Waals surface area contributed by atoms with Crippen LogP contribution in [0.1, 0.15) is 11.3 Å². The Morgan fingerprint density at radius 3 is 2.76 bits per heavy atom. The lowest BCUT2D eigenvalue weighted by atomic mass is 10.3. The molecule has 9 heteroatoms.